The first kappa shape index (κ1) is 36.8. The number of hydrogen-bond acceptors (Lipinski definition) is 7. The van der Waals surface area contributed by atoms with Crippen LogP contribution >= 0.6 is 11.3 Å². The Morgan fingerprint density at radius 2 is 0.828 bits per heavy atom. The number of aliphatic carboxylic acids is 2. The minimum absolute atomic E-state index is 0.213. The van der Waals surface area contributed by atoms with E-state index >= 15 is 0 Å². The molecule has 8 nitrogen and oxygen atoms in total. The number of carboxylic acids is 2. The van der Waals surface area contributed by atoms with Gasteiger partial charge in [0.1, 0.15) is 0 Å². The van der Waals surface area contributed by atoms with E-state index in [9.17, 15) is 19.8 Å². The van der Waals surface area contributed by atoms with Crippen molar-refractivity contribution in [1.29, 1.82) is 0 Å². The fourth-order valence-corrected chi connectivity index (χ4v) is 10.7. The SMILES string of the molecule is O=C(O)COc1ccc(-c2c3nc(c(-c4ccccc4)c4ccc(s4)c(-c4ccccc4)c4nc(c(-c5ccc(OCC(=O)O)cc5)c5ccc2[se]5)C=C4)C=C3)cc1. The zero-order valence-electron chi connectivity index (χ0n) is 30.7. The van der Waals surface area contributed by atoms with E-state index in [-0.39, 0.29) is 14.5 Å². The van der Waals surface area contributed by atoms with Crippen LogP contribution in [0.5, 0.6) is 11.5 Å². The van der Waals surface area contributed by atoms with Gasteiger partial charge in [-0.05, 0) is 0 Å². The molecule has 7 aromatic rings. The van der Waals surface area contributed by atoms with Gasteiger partial charge in [-0.2, -0.15) is 0 Å². The molecule has 2 N–H and O–H groups in total. The predicted octanol–water partition coefficient (Wildman–Crippen LogP) is 10.7. The fraction of sp³-hybridized carbons (Fsp3) is 0.0417. The molecular formula is C48H32N2O6SSe. The zero-order chi connectivity index (χ0) is 39.6. The van der Waals surface area contributed by atoms with Crippen molar-refractivity contribution in [2.45, 2.75) is 0 Å². The summed E-state index contributed by atoms with van der Waals surface area (Å²) in [7, 11) is 0. The second-order valence-electron chi connectivity index (χ2n) is 13.4. The van der Waals surface area contributed by atoms with Gasteiger partial charge in [0.25, 0.3) is 0 Å². The second kappa shape index (κ2) is 16.0. The number of carboxylic acid groups (broad SMARTS) is 2. The summed E-state index contributed by atoms with van der Waals surface area (Å²) >= 11 is 1.49. The third kappa shape index (κ3) is 7.52. The van der Waals surface area contributed by atoms with Crippen LogP contribution in [0, 0.1) is 0 Å². The number of fused-ring (bicyclic) bond motifs is 8. The first-order valence-corrected chi connectivity index (χ1v) is 20.9. The number of hydrogen-bond donors (Lipinski definition) is 2. The van der Waals surface area contributed by atoms with Gasteiger partial charge in [-0.15, -0.1) is 0 Å². The van der Waals surface area contributed by atoms with E-state index < -0.39 is 25.2 Å². The van der Waals surface area contributed by atoms with E-state index in [2.05, 4.69) is 72.8 Å². The predicted molar refractivity (Wildman–Crippen MR) is 233 cm³/mol. The Hall–Kier alpha value is -6.84. The molecule has 0 unspecified atom stereocenters. The van der Waals surface area contributed by atoms with Crippen molar-refractivity contribution >= 4 is 80.0 Å². The van der Waals surface area contributed by atoms with Crippen LogP contribution in [0.4, 0.5) is 0 Å². The molecule has 2 aliphatic rings. The van der Waals surface area contributed by atoms with Gasteiger partial charge < -0.3 is 0 Å². The summed E-state index contributed by atoms with van der Waals surface area (Å²) in [6, 6.07) is 44.4. The Bertz CT molecular complexity index is 2740. The quantitative estimate of drug-likeness (QED) is 0.131. The van der Waals surface area contributed by atoms with Crippen molar-refractivity contribution in [1.82, 2.24) is 9.97 Å². The molecule has 0 spiro atoms. The molecule has 8 bridgehead atoms. The van der Waals surface area contributed by atoms with Gasteiger partial charge >= 0.3 is 345 Å². The van der Waals surface area contributed by atoms with Crippen molar-refractivity contribution in [3.8, 4) is 56.0 Å². The van der Waals surface area contributed by atoms with Crippen LogP contribution < -0.4 is 9.47 Å². The minimum atomic E-state index is -1.04. The Balaban J connectivity index is 1.37. The number of ether oxygens (including phenoxy) is 2. The number of nitrogens with zero attached hydrogens (tertiary/aromatic N) is 2. The molecule has 0 radical (unpaired) electrons. The summed E-state index contributed by atoms with van der Waals surface area (Å²) in [5, 5.41) is 18.4. The van der Waals surface area contributed by atoms with E-state index in [1.807, 2.05) is 60.7 Å². The van der Waals surface area contributed by atoms with Crippen LogP contribution in [0.15, 0.2) is 133 Å². The summed E-state index contributed by atoms with van der Waals surface area (Å²) in [5.74, 6) is -1.16. The van der Waals surface area contributed by atoms with Crippen molar-refractivity contribution in [2.75, 3.05) is 13.2 Å². The number of aromatic nitrogens is 2. The van der Waals surface area contributed by atoms with Gasteiger partial charge in [-0.25, -0.2) is 0 Å². The van der Waals surface area contributed by atoms with Crippen molar-refractivity contribution < 1.29 is 29.3 Å². The molecule has 0 fully saturated rings. The third-order valence-electron chi connectivity index (χ3n) is 9.64. The molecule has 0 aliphatic carbocycles. The number of rotatable bonds is 10. The molecule has 282 valence electrons. The van der Waals surface area contributed by atoms with Gasteiger partial charge in [0, 0.05) is 0 Å². The Labute approximate surface area is 343 Å². The molecule has 3 aromatic heterocycles. The topological polar surface area (TPSA) is 119 Å². The molecule has 4 aromatic carbocycles. The number of benzene rings is 4. The number of thiophene rings is 1. The third-order valence-corrected chi connectivity index (χ3v) is 13.1. The average Bonchev–Trinajstić information content (AvgIpc) is 4.09. The fourth-order valence-electron chi connectivity index (χ4n) is 7.10. The Kier molecular flexibility index (Phi) is 10.1. The zero-order valence-corrected chi connectivity index (χ0v) is 33.2. The molecule has 9 rings (SSSR count). The standard InChI is InChI=1S/C48H32N2O6SSe/c51-43(52)27-55-33-15-11-31(12-16-33)47-37-21-19-35(49-37)45(29-7-3-1-4-8-29)39-23-24-40(57-39)46(30-9-5-2-6-10-30)36-20-22-38(50-36)48(42-26-25-41(47)58-42)32-13-17-34(18-14-32)56-28-44(53)54/h1-26H,27-28H2,(H,51,52)(H,53,54). The maximum atomic E-state index is 11.2. The van der Waals surface area contributed by atoms with Crippen LogP contribution in [0.25, 0.3) is 86.7 Å². The van der Waals surface area contributed by atoms with Gasteiger partial charge in [0.2, 0.25) is 0 Å². The van der Waals surface area contributed by atoms with Gasteiger partial charge in [0.15, 0.2) is 0 Å². The van der Waals surface area contributed by atoms with Crippen molar-refractivity contribution in [3.63, 3.8) is 0 Å². The first-order chi connectivity index (χ1) is 28.4. The summed E-state index contributed by atoms with van der Waals surface area (Å²) in [6.45, 7) is -0.859. The van der Waals surface area contributed by atoms with Crippen LogP contribution in [0.3, 0.4) is 0 Å². The molecular weight excluding hydrogens is 812 g/mol. The Morgan fingerprint density at radius 1 is 0.466 bits per heavy atom. The molecule has 0 saturated heterocycles. The molecule has 58 heavy (non-hydrogen) atoms. The van der Waals surface area contributed by atoms with E-state index in [4.69, 9.17) is 19.4 Å². The van der Waals surface area contributed by atoms with Crippen LogP contribution in [0.2, 0.25) is 0 Å². The average molecular weight is 844 g/mol. The van der Waals surface area contributed by atoms with E-state index in [1.54, 1.807) is 35.6 Å². The van der Waals surface area contributed by atoms with E-state index in [0.29, 0.717) is 11.5 Å². The van der Waals surface area contributed by atoms with Gasteiger partial charge in [-0.1, -0.05) is 0 Å². The summed E-state index contributed by atoms with van der Waals surface area (Å²) < 4.78 is 15.3. The molecule has 5 heterocycles. The van der Waals surface area contributed by atoms with Crippen LogP contribution in [-0.2, 0) is 9.59 Å². The molecule has 0 saturated carbocycles. The van der Waals surface area contributed by atoms with Crippen LogP contribution in [0.1, 0.15) is 22.8 Å². The summed E-state index contributed by atoms with van der Waals surface area (Å²) in [6.07, 6.45) is 8.34. The molecule has 0 amide bonds. The normalized spacial score (nSPS) is 11.7. The molecule has 0 atom stereocenters. The van der Waals surface area contributed by atoms with Gasteiger partial charge in [0.05, 0.1) is 0 Å². The summed E-state index contributed by atoms with van der Waals surface area (Å²) in [4.78, 5) is 33.2. The number of carbonyl (C=O) groups is 2. The molecule has 10 heteroatoms. The Morgan fingerprint density at radius 3 is 1.21 bits per heavy atom. The monoisotopic (exact) mass is 844 g/mol. The van der Waals surface area contributed by atoms with Gasteiger partial charge in [-0.3, -0.25) is 0 Å². The maximum absolute atomic E-state index is 11.2. The van der Waals surface area contributed by atoms with Crippen molar-refractivity contribution in [2.24, 2.45) is 0 Å². The molecule has 2 aliphatic heterocycles. The summed E-state index contributed by atoms with van der Waals surface area (Å²) in [5.41, 5.74) is 11.3. The van der Waals surface area contributed by atoms with Crippen molar-refractivity contribution in [3.05, 3.63) is 156 Å². The first-order valence-electron chi connectivity index (χ1n) is 18.4. The van der Waals surface area contributed by atoms with E-state index in [1.165, 1.54) is 0 Å². The van der Waals surface area contributed by atoms with Crippen LogP contribution in [-0.4, -0.2) is 59.8 Å². The second-order valence-corrected chi connectivity index (χ2v) is 16.8. The van der Waals surface area contributed by atoms with E-state index in [0.717, 1.165) is 85.2 Å².